The Morgan fingerprint density at radius 3 is 2.42 bits per heavy atom. The van der Waals surface area contributed by atoms with Crippen LogP contribution in [-0.2, 0) is 18.9 Å². The maximum absolute atomic E-state index is 11.0. The van der Waals surface area contributed by atoms with Gasteiger partial charge in [0.05, 0.1) is 30.5 Å². The van der Waals surface area contributed by atoms with Gasteiger partial charge in [0.2, 0.25) is 0 Å². The lowest BCUT2D eigenvalue weighted by Crippen LogP contribution is -2.57. The maximum Gasteiger partial charge on any atom is 0.170 e. The van der Waals surface area contributed by atoms with Crippen molar-refractivity contribution in [2.75, 3.05) is 45.9 Å². The molecule has 3 aliphatic heterocycles. The van der Waals surface area contributed by atoms with Crippen LogP contribution in [0, 0.1) is 51.2 Å². The first kappa shape index (κ1) is 34.8. The minimum absolute atomic E-state index is 0.00845. The Bertz CT molecular complexity index is 1190. The summed E-state index contributed by atoms with van der Waals surface area (Å²) in [5.41, 5.74) is 0.613. The smallest absolute Gasteiger partial charge is 0.170 e. The fourth-order valence-electron chi connectivity index (χ4n) is 14.8. The molecule has 14 atom stereocenters. The highest BCUT2D eigenvalue weighted by Crippen LogP contribution is 2.89. The van der Waals surface area contributed by atoms with Crippen LogP contribution in [0.3, 0.4) is 0 Å². The van der Waals surface area contributed by atoms with Gasteiger partial charge in [0.1, 0.15) is 6.10 Å². The number of aliphatic hydroxyl groups is 1. The molecule has 8 rings (SSSR count). The van der Waals surface area contributed by atoms with E-state index in [0.29, 0.717) is 40.9 Å². The first-order chi connectivity index (χ1) is 22.8. The van der Waals surface area contributed by atoms with E-state index in [1.807, 2.05) is 20.8 Å². The SMILES string of the molecule is CCO[C@@H](C1CCC2C(CC3C4CC[C@H]5C(C)(C)[C@@H](OC6CN([C@H](C)CN7CCC7)CCO6)CCC56[C@@H](C)[C@@]46CC[C@]23C)O1)C(C)(C)O. The molecule has 48 heavy (non-hydrogen) atoms. The molecule has 7 nitrogen and oxygen atoms in total. The first-order valence-corrected chi connectivity index (χ1v) is 20.5. The molecule has 7 heteroatoms. The van der Waals surface area contributed by atoms with E-state index in [4.69, 9.17) is 18.9 Å². The Labute approximate surface area is 292 Å². The van der Waals surface area contributed by atoms with Gasteiger partial charge in [-0.05, 0) is 156 Å². The van der Waals surface area contributed by atoms with Crippen LogP contribution in [0.25, 0.3) is 0 Å². The van der Waals surface area contributed by atoms with E-state index in [-0.39, 0.29) is 30.0 Å². The van der Waals surface area contributed by atoms with Crippen LogP contribution in [-0.4, -0.2) is 103 Å². The van der Waals surface area contributed by atoms with Crippen molar-refractivity contribution in [2.24, 2.45) is 51.2 Å². The maximum atomic E-state index is 11.0. The lowest BCUT2D eigenvalue weighted by Gasteiger charge is -2.60. The Morgan fingerprint density at radius 1 is 0.938 bits per heavy atom. The topological polar surface area (TPSA) is 63.6 Å². The normalized spacial score (nSPS) is 49.8. The van der Waals surface area contributed by atoms with Crippen LogP contribution in [0.2, 0.25) is 0 Å². The quantitative estimate of drug-likeness (QED) is 0.291. The number of hydrogen-bond acceptors (Lipinski definition) is 7. The molecule has 0 bridgehead atoms. The van der Waals surface area contributed by atoms with Crippen molar-refractivity contribution < 1.29 is 24.1 Å². The van der Waals surface area contributed by atoms with Crippen molar-refractivity contribution in [3.05, 3.63) is 0 Å². The van der Waals surface area contributed by atoms with Crippen molar-refractivity contribution in [2.45, 2.75) is 162 Å². The number of fused-ring (bicyclic) bond motifs is 4. The third-order valence-electron chi connectivity index (χ3n) is 17.1. The molecule has 3 saturated heterocycles. The Balaban J connectivity index is 0.959. The average molecular weight is 671 g/mol. The average Bonchev–Trinajstić information content (AvgIpc) is 3.40. The molecule has 3 heterocycles. The van der Waals surface area contributed by atoms with Crippen LogP contribution in [0.15, 0.2) is 0 Å². The van der Waals surface area contributed by atoms with Crippen molar-refractivity contribution in [3.8, 4) is 0 Å². The van der Waals surface area contributed by atoms with E-state index in [1.54, 1.807) is 0 Å². The summed E-state index contributed by atoms with van der Waals surface area (Å²) in [6.45, 7) is 25.7. The van der Waals surface area contributed by atoms with Gasteiger partial charge in [-0.2, -0.15) is 0 Å². The zero-order chi connectivity index (χ0) is 33.9. The van der Waals surface area contributed by atoms with Gasteiger partial charge >= 0.3 is 0 Å². The Hall–Kier alpha value is -0.280. The number of likely N-dealkylation sites (tertiary alicyclic amines) is 1. The molecule has 0 aromatic heterocycles. The Morgan fingerprint density at radius 2 is 1.71 bits per heavy atom. The molecule has 2 spiro atoms. The van der Waals surface area contributed by atoms with Gasteiger partial charge in [-0.3, -0.25) is 4.90 Å². The molecule has 8 aliphatic rings. The minimum atomic E-state index is -0.898. The van der Waals surface area contributed by atoms with Gasteiger partial charge < -0.3 is 29.0 Å². The van der Waals surface area contributed by atoms with E-state index in [1.165, 1.54) is 77.4 Å². The molecule has 5 aliphatic carbocycles. The van der Waals surface area contributed by atoms with Gasteiger partial charge in [0.25, 0.3) is 0 Å². The fraction of sp³-hybridized carbons (Fsp3) is 1.00. The summed E-state index contributed by atoms with van der Waals surface area (Å²) in [7, 11) is 0. The minimum Gasteiger partial charge on any atom is -0.388 e. The van der Waals surface area contributed by atoms with Crippen LogP contribution < -0.4 is 0 Å². The Kier molecular flexibility index (Phi) is 8.79. The fourth-order valence-corrected chi connectivity index (χ4v) is 14.8. The van der Waals surface area contributed by atoms with E-state index in [9.17, 15) is 5.11 Å². The molecule has 7 unspecified atom stereocenters. The van der Waals surface area contributed by atoms with E-state index in [2.05, 4.69) is 44.4 Å². The highest BCUT2D eigenvalue weighted by molar-refractivity contribution is 5.32. The van der Waals surface area contributed by atoms with Crippen LogP contribution in [0.4, 0.5) is 0 Å². The molecule has 0 amide bonds. The predicted molar refractivity (Wildman–Crippen MR) is 189 cm³/mol. The van der Waals surface area contributed by atoms with Crippen LogP contribution >= 0.6 is 0 Å². The number of nitrogens with zero attached hydrogens (tertiary/aromatic N) is 2. The van der Waals surface area contributed by atoms with E-state index in [0.717, 1.165) is 49.8 Å². The van der Waals surface area contributed by atoms with Crippen LogP contribution in [0.1, 0.15) is 120 Å². The zero-order valence-corrected chi connectivity index (χ0v) is 31.8. The predicted octanol–water partition coefficient (Wildman–Crippen LogP) is 6.75. The summed E-state index contributed by atoms with van der Waals surface area (Å²) < 4.78 is 26.5. The molecule has 274 valence electrons. The van der Waals surface area contributed by atoms with Crippen molar-refractivity contribution in [1.29, 1.82) is 0 Å². The zero-order valence-electron chi connectivity index (χ0n) is 31.8. The molecule has 1 N–H and O–H groups in total. The molecule has 0 aromatic rings. The number of morpholine rings is 1. The molecule has 8 fully saturated rings. The molecule has 0 radical (unpaired) electrons. The molecule has 5 saturated carbocycles. The number of rotatable bonds is 9. The van der Waals surface area contributed by atoms with Gasteiger partial charge in [-0.25, -0.2) is 0 Å². The van der Waals surface area contributed by atoms with Crippen molar-refractivity contribution in [3.63, 3.8) is 0 Å². The standard InChI is InChI=1S/C41H70N2O5/c1-9-45-36(38(6,7)44)31-13-11-29-32(47-31)23-30-28-12-14-33-37(4,5)34(15-16-41(33)27(3)40(28,41)18-17-39(29,30)8)48-35-25-43(21-22-46-35)26(2)24-42-19-10-20-42/h26-36,44H,9-25H2,1-8H3/t26-,27+,28?,29?,30?,31?,32?,33+,34+,35?,36+,39-,40+,41?/m1/s1. The van der Waals surface area contributed by atoms with Crippen LogP contribution in [0.5, 0.6) is 0 Å². The van der Waals surface area contributed by atoms with Gasteiger partial charge in [-0.1, -0.05) is 27.7 Å². The second kappa shape index (κ2) is 12.1. The first-order valence-electron chi connectivity index (χ1n) is 20.5. The van der Waals surface area contributed by atoms with Crippen molar-refractivity contribution >= 4 is 0 Å². The molecular weight excluding hydrogens is 600 g/mol. The van der Waals surface area contributed by atoms with Gasteiger partial charge in [0, 0.05) is 32.3 Å². The second-order valence-electron chi connectivity index (χ2n) is 19.6. The van der Waals surface area contributed by atoms with E-state index >= 15 is 0 Å². The lowest BCUT2D eigenvalue weighted by molar-refractivity contribution is -0.248. The summed E-state index contributed by atoms with van der Waals surface area (Å²) in [6, 6.07) is 0.561. The summed E-state index contributed by atoms with van der Waals surface area (Å²) in [6.07, 6.45) is 13.0. The third kappa shape index (κ3) is 5.04. The van der Waals surface area contributed by atoms with Gasteiger partial charge in [-0.15, -0.1) is 0 Å². The van der Waals surface area contributed by atoms with Crippen molar-refractivity contribution in [1.82, 2.24) is 9.80 Å². The largest absolute Gasteiger partial charge is 0.388 e. The molecule has 0 aromatic carbocycles. The summed E-state index contributed by atoms with van der Waals surface area (Å²) in [5.74, 6) is 3.76. The highest BCUT2D eigenvalue weighted by Gasteiger charge is 2.84. The second-order valence-corrected chi connectivity index (χ2v) is 19.6. The number of ether oxygens (including phenoxy) is 4. The monoisotopic (exact) mass is 671 g/mol. The summed E-state index contributed by atoms with van der Waals surface area (Å²) in [5, 5.41) is 11.0. The van der Waals surface area contributed by atoms with E-state index < -0.39 is 5.60 Å². The highest BCUT2D eigenvalue weighted by atomic mass is 16.7. The molecular formula is C41H70N2O5. The van der Waals surface area contributed by atoms with Gasteiger partial charge in [0.15, 0.2) is 6.29 Å². The summed E-state index contributed by atoms with van der Waals surface area (Å²) >= 11 is 0. The third-order valence-corrected chi connectivity index (χ3v) is 17.1. The number of hydrogen-bond donors (Lipinski definition) is 1. The summed E-state index contributed by atoms with van der Waals surface area (Å²) in [4.78, 5) is 5.22. The lowest BCUT2D eigenvalue weighted by atomic mass is 9.46.